The average molecular weight is 346 g/mol. The van der Waals surface area contributed by atoms with Gasteiger partial charge in [-0.3, -0.25) is 0 Å². The zero-order chi connectivity index (χ0) is 18.1. The third kappa shape index (κ3) is 3.97. The van der Waals surface area contributed by atoms with E-state index in [1.807, 2.05) is 0 Å². The van der Waals surface area contributed by atoms with Gasteiger partial charge in [-0.2, -0.15) is 26.3 Å². The highest BCUT2D eigenvalue weighted by Crippen LogP contribution is 2.51. The molecule has 1 aromatic carbocycles. The molecule has 0 saturated carbocycles. The van der Waals surface area contributed by atoms with Crippen LogP contribution in [0.25, 0.3) is 0 Å². The molecule has 1 rings (SSSR count). The van der Waals surface area contributed by atoms with E-state index in [1.165, 1.54) is 18.2 Å². The second-order valence-corrected chi connectivity index (χ2v) is 5.45. The molecule has 132 valence electrons. The lowest BCUT2D eigenvalue weighted by molar-refractivity contribution is -0.347. The molecule has 2 atom stereocenters. The van der Waals surface area contributed by atoms with Gasteiger partial charge in [0.05, 0.1) is 6.10 Å². The van der Waals surface area contributed by atoms with Crippen LogP contribution in [0.3, 0.4) is 0 Å². The Morgan fingerprint density at radius 2 is 1.35 bits per heavy atom. The van der Waals surface area contributed by atoms with Gasteiger partial charge in [-0.15, -0.1) is 0 Å². The molecule has 0 saturated heterocycles. The predicted octanol–water partition coefficient (Wildman–Crippen LogP) is 5.46. The maximum absolute atomic E-state index is 13.7. The van der Waals surface area contributed by atoms with Crippen molar-refractivity contribution >= 4 is 0 Å². The van der Waals surface area contributed by atoms with Gasteiger partial charge in [0.1, 0.15) is 0 Å². The lowest BCUT2D eigenvalue weighted by atomic mass is 9.86. The number of benzene rings is 1. The Balaban J connectivity index is 3.23. The molecule has 0 spiro atoms. The van der Waals surface area contributed by atoms with Crippen molar-refractivity contribution in [2.45, 2.75) is 56.7 Å². The highest BCUT2D eigenvalue weighted by Gasteiger charge is 2.72. The first-order chi connectivity index (χ1) is 10.3. The second kappa shape index (κ2) is 6.67. The molecule has 23 heavy (non-hydrogen) atoms. The molecule has 1 aromatic rings. The van der Waals surface area contributed by atoms with E-state index in [0.29, 0.717) is 12.0 Å². The van der Waals surface area contributed by atoms with Gasteiger partial charge in [-0.1, -0.05) is 38.1 Å². The lowest BCUT2D eigenvalue weighted by Gasteiger charge is -2.32. The third-order valence-corrected chi connectivity index (χ3v) is 3.87. The van der Waals surface area contributed by atoms with Gasteiger partial charge in [0.2, 0.25) is 0 Å². The molecule has 0 radical (unpaired) electrons. The number of aliphatic hydroxyl groups is 1. The molecule has 1 nitrogen and oxygen atoms in total. The van der Waals surface area contributed by atoms with Crippen molar-refractivity contribution in [3.8, 4) is 0 Å². The summed E-state index contributed by atoms with van der Waals surface area (Å²) >= 11 is 0. The smallest absolute Gasteiger partial charge is 0.388 e. The molecule has 0 amide bonds. The van der Waals surface area contributed by atoms with E-state index in [1.54, 1.807) is 19.9 Å². The molecule has 0 bridgehead atoms. The minimum atomic E-state index is -6.17. The summed E-state index contributed by atoms with van der Waals surface area (Å²) in [5.41, 5.74) is -5.20. The topological polar surface area (TPSA) is 20.2 Å². The summed E-state index contributed by atoms with van der Waals surface area (Å²) < 4.78 is 89.3. The number of alkyl halides is 7. The summed E-state index contributed by atoms with van der Waals surface area (Å²) in [6.45, 7) is 3.49. The first-order valence-corrected chi connectivity index (χ1v) is 6.94. The Morgan fingerprint density at radius 3 is 1.74 bits per heavy atom. The maximum Gasteiger partial charge on any atom is 0.431 e. The van der Waals surface area contributed by atoms with Gasteiger partial charge < -0.3 is 5.11 Å². The second-order valence-electron chi connectivity index (χ2n) is 5.45. The van der Waals surface area contributed by atoms with Crippen molar-refractivity contribution in [3.63, 3.8) is 0 Å². The largest absolute Gasteiger partial charge is 0.431 e. The quantitative estimate of drug-likeness (QED) is 0.702. The fourth-order valence-corrected chi connectivity index (χ4v) is 2.25. The van der Waals surface area contributed by atoms with Gasteiger partial charge in [0, 0.05) is 6.42 Å². The van der Waals surface area contributed by atoms with E-state index >= 15 is 0 Å². The summed E-state index contributed by atoms with van der Waals surface area (Å²) in [4.78, 5) is 0. The fourth-order valence-electron chi connectivity index (χ4n) is 2.25. The fraction of sp³-hybridized carbons (Fsp3) is 0.600. The molecule has 1 N–H and O–H groups in total. The standard InChI is InChI=1S/C15H17F7O/c1-3-9(2)10-6-4-5-7-11(10)12(23)8-13(16,14(17,18)19)15(20,21)22/h4-7,9,12,23H,3,8H2,1-2H3. The van der Waals surface area contributed by atoms with E-state index in [9.17, 15) is 35.8 Å². The Labute approximate surface area is 129 Å². The normalized spacial score (nSPS) is 16.3. The molecule has 8 heteroatoms. The van der Waals surface area contributed by atoms with Crippen molar-refractivity contribution in [3.05, 3.63) is 35.4 Å². The Bertz CT molecular complexity index is 507. The van der Waals surface area contributed by atoms with Crippen LogP contribution in [0, 0.1) is 0 Å². The number of rotatable bonds is 5. The summed E-state index contributed by atoms with van der Waals surface area (Å²) in [5.74, 6) is -0.202. The maximum atomic E-state index is 13.7. The summed E-state index contributed by atoms with van der Waals surface area (Å²) in [5, 5.41) is 9.87. The van der Waals surface area contributed by atoms with Crippen LogP contribution in [-0.2, 0) is 0 Å². The first kappa shape index (κ1) is 19.7. The third-order valence-electron chi connectivity index (χ3n) is 3.87. The molecule has 0 aliphatic rings. The van der Waals surface area contributed by atoms with Crippen molar-refractivity contribution in [1.29, 1.82) is 0 Å². The molecule has 0 aliphatic heterocycles. The first-order valence-electron chi connectivity index (χ1n) is 6.94. The monoisotopic (exact) mass is 346 g/mol. The Hall–Kier alpha value is -1.31. The molecule has 0 heterocycles. The van der Waals surface area contributed by atoms with Crippen molar-refractivity contribution in [2.75, 3.05) is 0 Å². The zero-order valence-electron chi connectivity index (χ0n) is 12.5. The molecular weight excluding hydrogens is 329 g/mol. The van der Waals surface area contributed by atoms with Crippen LogP contribution in [0.15, 0.2) is 24.3 Å². The molecule has 0 aromatic heterocycles. The summed E-state index contributed by atoms with van der Waals surface area (Å²) in [7, 11) is 0. The van der Waals surface area contributed by atoms with E-state index in [-0.39, 0.29) is 11.5 Å². The van der Waals surface area contributed by atoms with Crippen LogP contribution in [0.5, 0.6) is 0 Å². The minimum Gasteiger partial charge on any atom is -0.388 e. The van der Waals surface area contributed by atoms with Crippen molar-refractivity contribution in [1.82, 2.24) is 0 Å². The van der Waals surface area contributed by atoms with E-state index < -0.39 is 30.5 Å². The summed E-state index contributed by atoms with van der Waals surface area (Å²) in [6.07, 6.45) is -16.1. The van der Waals surface area contributed by atoms with Gasteiger partial charge in [-0.25, -0.2) is 4.39 Å². The lowest BCUT2D eigenvalue weighted by Crippen LogP contribution is -2.54. The van der Waals surface area contributed by atoms with E-state index in [4.69, 9.17) is 0 Å². The molecule has 2 unspecified atom stereocenters. The molecule has 0 fully saturated rings. The minimum absolute atomic E-state index is 0.127. The van der Waals surface area contributed by atoms with Crippen LogP contribution >= 0.6 is 0 Å². The van der Waals surface area contributed by atoms with Gasteiger partial charge in [0.25, 0.3) is 0 Å². The molecule has 0 aliphatic carbocycles. The number of aliphatic hydroxyl groups excluding tert-OH is 1. The predicted molar refractivity (Wildman–Crippen MR) is 70.7 cm³/mol. The molecular formula is C15H17F7O. The zero-order valence-corrected chi connectivity index (χ0v) is 12.5. The van der Waals surface area contributed by atoms with Crippen LogP contribution < -0.4 is 0 Å². The number of hydrogen-bond acceptors (Lipinski definition) is 1. The number of hydrogen-bond donors (Lipinski definition) is 1. The number of halogens is 7. The highest BCUT2D eigenvalue weighted by molar-refractivity contribution is 5.32. The van der Waals surface area contributed by atoms with Crippen LogP contribution in [-0.4, -0.2) is 23.1 Å². The Kier molecular flexibility index (Phi) is 5.72. The summed E-state index contributed by atoms with van der Waals surface area (Å²) in [6, 6.07) is 5.62. The van der Waals surface area contributed by atoms with Gasteiger partial charge >= 0.3 is 18.0 Å². The van der Waals surface area contributed by atoms with Gasteiger partial charge in [-0.05, 0) is 23.5 Å². The van der Waals surface area contributed by atoms with E-state index in [2.05, 4.69) is 0 Å². The van der Waals surface area contributed by atoms with Crippen molar-refractivity contribution in [2.24, 2.45) is 0 Å². The van der Waals surface area contributed by atoms with Crippen LogP contribution in [0.2, 0.25) is 0 Å². The van der Waals surface area contributed by atoms with Crippen LogP contribution in [0.4, 0.5) is 30.7 Å². The SMILES string of the molecule is CCC(C)c1ccccc1C(O)CC(F)(C(F)(F)F)C(F)(F)F. The van der Waals surface area contributed by atoms with E-state index in [0.717, 1.165) is 0 Å². The Morgan fingerprint density at radius 1 is 0.913 bits per heavy atom. The van der Waals surface area contributed by atoms with Gasteiger partial charge in [0.15, 0.2) is 0 Å². The average Bonchev–Trinajstić information content (AvgIpc) is 2.43. The highest BCUT2D eigenvalue weighted by atomic mass is 19.4. The van der Waals surface area contributed by atoms with Crippen LogP contribution in [0.1, 0.15) is 49.8 Å². The van der Waals surface area contributed by atoms with Crippen molar-refractivity contribution < 1.29 is 35.8 Å².